The summed E-state index contributed by atoms with van der Waals surface area (Å²) in [7, 11) is -0.504. The molecule has 1 aromatic heterocycles. The second-order valence-electron chi connectivity index (χ2n) is 5.66. The van der Waals surface area contributed by atoms with Gasteiger partial charge in [0.15, 0.2) is 0 Å². The first kappa shape index (κ1) is 25.2. The van der Waals surface area contributed by atoms with E-state index in [1.807, 2.05) is 6.20 Å². The second-order valence-corrected chi connectivity index (χ2v) is 8.59. The molecule has 0 atom stereocenters. The molecular formula is C15H23Cl2NSiTi. The maximum atomic E-state index is 3.32. The van der Waals surface area contributed by atoms with Gasteiger partial charge in [0.05, 0.1) is 0 Å². The zero-order chi connectivity index (χ0) is 12.9. The van der Waals surface area contributed by atoms with Crippen LogP contribution in [-0.4, -0.2) is 13.8 Å². The Kier molecular flexibility index (Phi) is 15.0. The van der Waals surface area contributed by atoms with Crippen LogP contribution in [0.25, 0.3) is 0 Å². The summed E-state index contributed by atoms with van der Waals surface area (Å²) in [5.74, 6) is 0. The van der Waals surface area contributed by atoms with E-state index in [1.165, 1.54) is 10.8 Å². The van der Waals surface area contributed by atoms with Crippen molar-refractivity contribution >= 4 is 8.80 Å². The second kappa shape index (κ2) is 11.9. The molecule has 110 valence electrons. The van der Waals surface area contributed by atoms with Crippen molar-refractivity contribution in [3.8, 4) is 0 Å². The fourth-order valence-corrected chi connectivity index (χ4v) is 2.59. The molecular weight excluding hydrogens is 341 g/mol. The van der Waals surface area contributed by atoms with Gasteiger partial charge in [-0.05, 0) is 5.41 Å². The molecule has 0 bridgehead atoms. The molecule has 1 N–H and O–H groups in total. The predicted molar refractivity (Wildman–Crippen MR) is 77.7 cm³/mol. The first-order valence-corrected chi connectivity index (χ1v) is 9.12. The van der Waals surface area contributed by atoms with Crippen LogP contribution in [0.15, 0.2) is 29.6 Å². The van der Waals surface area contributed by atoms with E-state index >= 15 is 0 Å². The summed E-state index contributed by atoms with van der Waals surface area (Å²) in [5, 5.41) is 1.50. The Labute approximate surface area is 153 Å². The molecule has 0 aliphatic heterocycles. The van der Waals surface area contributed by atoms with Crippen LogP contribution in [0.1, 0.15) is 32.8 Å². The fraction of sp³-hybridized carbons (Fsp3) is 0.467. The summed E-state index contributed by atoms with van der Waals surface area (Å²) >= 11 is 0. The number of hydrogen-bond acceptors (Lipinski definition) is 0. The minimum absolute atomic E-state index is 0. The van der Waals surface area contributed by atoms with Gasteiger partial charge >= 0.3 is 21.7 Å². The van der Waals surface area contributed by atoms with Crippen molar-refractivity contribution in [3.05, 3.63) is 47.4 Å². The van der Waals surface area contributed by atoms with E-state index in [0.29, 0.717) is 0 Å². The van der Waals surface area contributed by atoms with Crippen molar-refractivity contribution in [2.24, 2.45) is 0 Å². The summed E-state index contributed by atoms with van der Waals surface area (Å²) in [5.41, 5.74) is 1.47. The van der Waals surface area contributed by atoms with Gasteiger partial charge in [0.2, 0.25) is 0 Å². The minimum atomic E-state index is -0.504. The van der Waals surface area contributed by atoms with Crippen molar-refractivity contribution < 1.29 is 46.5 Å². The smallest absolute Gasteiger partial charge is 1.00 e. The largest absolute Gasteiger partial charge is 4.00 e. The number of hydrogen-bond donors (Lipinski definition) is 1. The molecule has 20 heavy (non-hydrogen) atoms. The number of aromatic nitrogens is 1. The summed E-state index contributed by atoms with van der Waals surface area (Å²) in [6.45, 7) is 11.2. The molecule has 2 rings (SSSR count). The molecule has 1 aliphatic rings. The number of H-pyrrole nitrogens is 1. The topological polar surface area (TPSA) is 15.8 Å². The third-order valence-electron chi connectivity index (χ3n) is 2.69. The van der Waals surface area contributed by atoms with Crippen LogP contribution in [0, 0.1) is 12.3 Å². The third kappa shape index (κ3) is 9.25. The van der Waals surface area contributed by atoms with Crippen LogP contribution in [0.3, 0.4) is 0 Å². The van der Waals surface area contributed by atoms with Gasteiger partial charge in [-0.15, -0.1) is 18.2 Å². The fourth-order valence-electron chi connectivity index (χ4n) is 1.54. The zero-order valence-electron chi connectivity index (χ0n) is 12.8. The van der Waals surface area contributed by atoms with Gasteiger partial charge in [0, 0.05) is 8.80 Å². The minimum Gasteiger partial charge on any atom is -1.00 e. The molecule has 0 saturated carbocycles. The Hall–Kier alpha value is 0.271. The summed E-state index contributed by atoms with van der Waals surface area (Å²) in [4.78, 5) is 2.91. The molecule has 1 heterocycles. The zero-order valence-corrected chi connectivity index (χ0v) is 17.1. The number of aromatic amines is 1. The summed E-state index contributed by atoms with van der Waals surface area (Å²) < 4.78 is 0. The maximum Gasteiger partial charge on any atom is 4.00 e. The third-order valence-corrected chi connectivity index (χ3v) is 4.33. The monoisotopic (exact) mass is 363 g/mol. The quantitative estimate of drug-likeness (QED) is 0.431. The average Bonchev–Trinajstić information content (AvgIpc) is 2.92. The molecule has 0 aromatic carbocycles. The summed E-state index contributed by atoms with van der Waals surface area (Å²) in [6, 6.07) is 2.06. The van der Waals surface area contributed by atoms with Crippen LogP contribution < -0.4 is 24.8 Å². The van der Waals surface area contributed by atoms with Gasteiger partial charge < -0.3 is 29.8 Å². The van der Waals surface area contributed by atoms with Gasteiger partial charge in [-0.1, -0.05) is 33.9 Å². The van der Waals surface area contributed by atoms with Crippen molar-refractivity contribution in [1.29, 1.82) is 0 Å². The van der Waals surface area contributed by atoms with Crippen molar-refractivity contribution in [3.63, 3.8) is 0 Å². The normalized spacial score (nSPS) is 12.4. The first-order valence-electron chi connectivity index (χ1n) is 6.24. The Morgan fingerprint density at radius 1 is 1.20 bits per heavy atom. The van der Waals surface area contributed by atoms with E-state index in [1.54, 1.807) is 0 Å². The molecule has 5 heteroatoms. The Morgan fingerprint density at radius 3 is 2.00 bits per heavy atom. The van der Waals surface area contributed by atoms with Gasteiger partial charge in [0.25, 0.3) is 0 Å². The first-order chi connectivity index (χ1) is 7.91. The Balaban J connectivity index is -0.000000252. The van der Waals surface area contributed by atoms with Gasteiger partial charge in [-0.3, -0.25) is 6.08 Å². The van der Waals surface area contributed by atoms with E-state index in [0.717, 1.165) is 6.42 Å². The van der Waals surface area contributed by atoms with E-state index < -0.39 is 8.80 Å². The Bertz CT molecular complexity index is 393. The van der Waals surface area contributed by atoms with Crippen molar-refractivity contribution in [2.75, 3.05) is 0 Å². The molecule has 1 aromatic rings. The van der Waals surface area contributed by atoms with Gasteiger partial charge in [-0.2, -0.15) is 18.3 Å². The van der Waals surface area contributed by atoms with Gasteiger partial charge in [-0.25, -0.2) is 11.3 Å². The Morgan fingerprint density at radius 2 is 1.80 bits per heavy atom. The molecule has 0 amide bonds. The summed E-state index contributed by atoms with van der Waals surface area (Å²) in [6.07, 6.45) is 13.7. The van der Waals surface area contributed by atoms with E-state index in [-0.39, 0.29) is 51.9 Å². The SMILES string of the molecule is CC(C)(C)c1[c-][nH]cc1.C[SiH](C)C1=[C-]CC=C1.[Cl-].[Cl-].[Ti+4]. The van der Waals surface area contributed by atoms with Crippen molar-refractivity contribution in [1.82, 2.24) is 4.98 Å². The van der Waals surface area contributed by atoms with Crippen LogP contribution in [0.5, 0.6) is 0 Å². The van der Waals surface area contributed by atoms with E-state index in [2.05, 4.69) is 69.3 Å². The number of halogens is 2. The molecule has 0 saturated heterocycles. The van der Waals surface area contributed by atoms with Crippen LogP contribution in [0.2, 0.25) is 13.1 Å². The number of nitrogens with one attached hydrogen (secondary N) is 1. The van der Waals surface area contributed by atoms with Crippen LogP contribution >= 0.6 is 0 Å². The van der Waals surface area contributed by atoms with Gasteiger partial charge in [0.1, 0.15) is 0 Å². The predicted octanol–water partition coefficient (Wildman–Crippen LogP) is -2.18. The van der Waals surface area contributed by atoms with E-state index in [9.17, 15) is 0 Å². The van der Waals surface area contributed by atoms with Crippen LogP contribution in [-0.2, 0) is 27.1 Å². The van der Waals surface area contributed by atoms with Crippen LogP contribution in [0.4, 0.5) is 0 Å². The molecule has 1 aliphatic carbocycles. The molecule has 0 spiro atoms. The maximum absolute atomic E-state index is 3.32. The average molecular weight is 364 g/mol. The number of allylic oxidation sites excluding steroid dienone is 4. The molecule has 1 nitrogen and oxygen atoms in total. The molecule has 0 unspecified atom stereocenters. The molecule has 0 radical (unpaired) electrons. The van der Waals surface area contributed by atoms with E-state index in [4.69, 9.17) is 0 Å². The van der Waals surface area contributed by atoms with Crippen molar-refractivity contribution in [2.45, 2.75) is 45.7 Å². The number of rotatable bonds is 1. The molecule has 0 fully saturated rings. The standard InChI is InChI=1S/C8H12N.C7H11Si.2ClH.Ti/c1-8(2,3)7-4-5-9-6-7;1-8(2)7-5-3-4-6-7;;;/h4-5,9H,1-3H3;3,5,8H,4H2,1-2H3;2*1H;/q2*-1;;;+4/p-2.